The largest absolute Gasteiger partial charge is 0.350 e. The molecule has 0 aliphatic carbocycles. The topological polar surface area (TPSA) is 101 Å². The van der Waals surface area contributed by atoms with Crippen LogP contribution < -0.4 is 4.90 Å². The molecule has 2 saturated heterocycles. The Morgan fingerprint density at radius 2 is 1.96 bits per heavy atom. The first kappa shape index (κ1) is 16.2. The van der Waals surface area contributed by atoms with Gasteiger partial charge in [-0.1, -0.05) is 0 Å². The van der Waals surface area contributed by atoms with Gasteiger partial charge in [-0.3, -0.25) is 9.20 Å². The molecule has 1 amide bonds. The molecule has 1 atom stereocenters. The molecule has 0 spiro atoms. The SMILES string of the molecule is Cc1nnc2c(N3CCN(C(=O)[C@@H]4CCS(=O)(=O)C4)CC3)nccn12. The highest BCUT2D eigenvalue weighted by Gasteiger charge is 2.36. The van der Waals surface area contributed by atoms with Crippen molar-refractivity contribution in [1.82, 2.24) is 24.5 Å². The number of fused-ring (bicyclic) bond motifs is 1. The zero-order valence-electron chi connectivity index (χ0n) is 14.0. The smallest absolute Gasteiger partial charge is 0.226 e. The fraction of sp³-hybridized carbons (Fsp3) is 0.600. The fourth-order valence-electron chi connectivity index (χ4n) is 3.54. The molecular formula is C15H20N6O3S. The van der Waals surface area contributed by atoms with Gasteiger partial charge < -0.3 is 9.80 Å². The molecule has 0 unspecified atom stereocenters. The van der Waals surface area contributed by atoms with E-state index in [1.807, 2.05) is 17.5 Å². The van der Waals surface area contributed by atoms with E-state index in [-0.39, 0.29) is 23.3 Å². The number of nitrogens with zero attached hydrogens (tertiary/aromatic N) is 6. The van der Waals surface area contributed by atoms with Gasteiger partial charge in [0.25, 0.3) is 0 Å². The van der Waals surface area contributed by atoms with Crippen molar-refractivity contribution >= 4 is 27.2 Å². The molecule has 4 heterocycles. The third-order valence-corrected chi connectivity index (χ3v) is 6.72. The fourth-order valence-corrected chi connectivity index (χ4v) is 5.27. The van der Waals surface area contributed by atoms with Crippen LogP contribution in [0.25, 0.3) is 5.65 Å². The zero-order valence-corrected chi connectivity index (χ0v) is 14.8. The number of sulfone groups is 1. The van der Waals surface area contributed by atoms with Gasteiger partial charge in [-0.2, -0.15) is 0 Å². The standard InChI is InChI=1S/C15H20N6O3S/c1-11-17-18-14-13(16-3-4-21(11)14)19-5-7-20(8-6-19)15(22)12-2-9-25(23,24)10-12/h3-4,12H,2,5-10H2,1H3/t12-/m1/s1. The summed E-state index contributed by atoms with van der Waals surface area (Å²) < 4.78 is 25.1. The maximum atomic E-state index is 12.5. The summed E-state index contributed by atoms with van der Waals surface area (Å²) in [5, 5.41) is 8.27. The molecule has 2 aromatic heterocycles. The lowest BCUT2D eigenvalue weighted by Crippen LogP contribution is -2.50. The minimum Gasteiger partial charge on any atom is -0.350 e. The van der Waals surface area contributed by atoms with E-state index in [9.17, 15) is 13.2 Å². The molecule has 2 fully saturated rings. The van der Waals surface area contributed by atoms with Gasteiger partial charge >= 0.3 is 0 Å². The highest BCUT2D eigenvalue weighted by Crippen LogP contribution is 2.23. The summed E-state index contributed by atoms with van der Waals surface area (Å²) in [7, 11) is -3.04. The van der Waals surface area contributed by atoms with E-state index in [4.69, 9.17) is 0 Å². The molecule has 0 N–H and O–H groups in total. The molecule has 10 heteroatoms. The second-order valence-corrected chi connectivity index (χ2v) is 8.83. The highest BCUT2D eigenvalue weighted by atomic mass is 32.2. The van der Waals surface area contributed by atoms with E-state index < -0.39 is 9.84 Å². The van der Waals surface area contributed by atoms with E-state index in [1.54, 1.807) is 11.1 Å². The van der Waals surface area contributed by atoms with Crippen LogP contribution in [0.1, 0.15) is 12.2 Å². The number of amides is 1. The minimum atomic E-state index is -3.04. The van der Waals surface area contributed by atoms with E-state index in [1.165, 1.54) is 0 Å². The Balaban J connectivity index is 1.45. The van der Waals surface area contributed by atoms with Crippen molar-refractivity contribution in [2.45, 2.75) is 13.3 Å². The predicted molar refractivity (Wildman–Crippen MR) is 91.1 cm³/mol. The Labute approximate surface area is 145 Å². The van der Waals surface area contributed by atoms with E-state index in [0.717, 1.165) is 11.6 Å². The molecule has 0 saturated carbocycles. The highest BCUT2D eigenvalue weighted by molar-refractivity contribution is 7.91. The molecule has 9 nitrogen and oxygen atoms in total. The average Bonchev–Trinajstić information content (AvgIpc) is 3.17. The molecule has 0 aromatic carbocycles. The van der Waals surface area contributed by atoms with Crippen molar-refractivity contribution < 1.29 is 13.2 Å². The summed E-state index contributed by atoms with van der Waals surface area (Å²) >= 11 is 0. The second kappa shape index (κ2) is 5.94. The van der Waals surface area contributed by atoms with Crippen LogP contribution in [0, 0.1) is 12.8 Å². The first-order valence-electron chi connectivity index (χ1n) is 8.35. The van der Waals surface area contributed by atoms with Crippen LogP contribution in [0.2, 0.25) is 0 Å². The first-order chi connectivity index (χ1) is 11.9. The number of hydrogen-bond donors (Lipinski definition) is 0. The van der Waals surface area contributed by atoms with Crippen molar-refractivity contribution in [2.24, 2.45) is 5.92 Å². The third kappa shape index (κ3) is 2.94. The molecule has 4 rings (SSSR count). The summed E-state index contributed by atoms with van der Waals surface area (Å²) in [4.78, 5) is 20.8. The number of aromatic nitrogens is 4. The number of rotatable bonds is 2. The molecule has 0 bridgehead atoms. The minimum absolute atomic E-state index is 0.00800. The molecule has 2 aliphatic heterocycles. The van der Waals surface area contributed by atoms with Crippen molar-refractivity contribution in [1.29, 1.82) is 0 Å². The van der Waals surface area contributed by atoms with Crippen LogP contribution in [0.15, 0.2) is 12.4 Å². The summed E-state index contributed by atoms with van der Waals surface area (Å²) in [6.07, 6.45) is 4.00. The van der Waals surface area contributed by atoms with Gasteiger partial charge in [0.1, 0.15) is 5.82 Å². The van der Waals surface area contributed by atoms with Crippen LogP contribution in [-0.2, 0) is 14.6 Å². The molecule has 25 heavy (non-hydrogen) atoms. The average molecular weight is 364 g/mol. The van der Waals surface area contributed by atoms with Gasteiger partial charge in [0.15, 0.2) is 15.7 Å². The van der Waals surface area contributed by atoms with Crippen molar-refractivity contribution in [2.75, 3.05) is 42.6 Å². The number of carbonyl (C=O) groups excluding carboxylic acids is 1. The van der Waals surface area contributed by atoms with E-state index >= 15 is 0 Å². The van der Waals surface area contributed by atoms with Gasteiger partial charge in [-0.05, 0) is 13.3 Å². The lowest BCUT2D eigenvalue weighted by atomic mass is 10.1. The molecular weight excluding hydrogens is 344 g/mol. The van der Waals surface area contributed by atoms with Crippen LogP contribution in [0.4, 0.5) is 5.82 Å². The van der Waals surface area contributed by atoms with Gasteiger partial charge in [0, 0.05) is 38.6 Å². The summed E-state index contributed by atoms with van der Waals surface area (Å²) in [5.41, 5.74) is 0.710. The molecule has 0 radical (unpaired) electrons. The molecule has 2 aromatic rings. The number of anilines is 1. The number of piperazine rings is 1. The summed E-state index contributed by atoms with van der Waals surface area (Å²) in [6.45, 7) is 4.29. The van der Waals surface area contributed by atoms with Gasteiger partial charge in [-0.25, -0.2) is 13.4 Å². The quantitative estimate of drug-likeness (QED) is 0.709. The van der Waals surface area contributed by atoms with E-state index in [2.05, 4.69) is 20.1 Å². The van der Waals surface area contributed by atoms with Crippen LogP contribution >= 0.6 is 0 Å². The van der Waals surface area contributed by atoms with Gasteiger partial charge in [-0.15, -0.1) is 10.2 Å². The Kier molecular flexibility index (Phi) is 3.86. The Bertz CT molecular complexity index is 916. The predicted octanol–water partition coefficient (Wildman–Crippen LogP) is -0.484. The maximum absolute atomic E-state index is 12.5. The summed E-state index contributed by atoms with van der Waals surface area (Å²) in [6, 6.07) is 0. The zero-order chi connectivity index (χ0) is 17.6. The van der Waals surface area contributed by atoms with Crippen LogP contribution in [0.3, 0.4) is 0 Å². The molecule has 2 aliphatic rings. The molecule has 134 valence electrons. The number of carbonyl (C=O) groups is 1. The van der Waals surface area contributed by atoms with Crippen LogP contribution in [0.5, 0.6) is 0 Å². The number of hydrogen-bond acceptors (Lipinski definition) is 7. The number of aryl methyl sites for hydroxylation is 1. The van der Waals surface area contributed by atoms with Gasteiger partial charge in [0.2, 0.25) is 11.6 Å². The monoisotopic (exact) mass is 364 g/mol. The van der Waals surface area contributed by atoms with Crippen molar-refractivity contribution in [3.8, 4) is 0 Å². The van der Waals surface area contributed by atoms with Crippen LogP contribution in [-0.4, -0.2) is 76.5 Å². The van der Waals surface area contributed by atoms with Crippen molar-refractivity contribution in [3.63, 3.8) is 0 Å². The Morgan fingerprint density at radius 3 is 2.64 bits per heavy atom. The normalized spacial score (nSPS) is 23.3. The lowest BCUT2D eigenvalue weighted by Gasteiger charge is -2.36. The van der Waals surface area contributed by atoms with Crippen molar-refractivity contribution in [3.05, 3.63) is 18.2 Å². The lowest BCUT2D eigenvalue weighted by molar-refractivity contribution is -0.135. The Morgan fingerprint density at radius 1 is 1.20 bits per heavy atom. The summed E-state index contributed by atoms with van der Waals surface area (Å²) in [5.74, 6) is 1.27. The maximum Gasteiger partial charge on any atom is 0.226 e. The Hall–Kier alpha value is -2.23. The second-order valence-electron chi connectivity index (χ2n) is 6.60. The first-order valence-corrected chi connectivity index (χ1v) is 10.2. The van der Waals surface area contributed by atoms with Gasteiger partial charge in [0.05, 0.1) is 17.4 Å². The third-order valence-electron chi connectivity index (χ3n) is 4.95. The van der Waals surface area contributed by atoms with E-state index in [0.29, 0.717) is 38.2 Å².